The zero-order valence-electron chi connectivity index (χ0n) is 11.5. The first-order valence-corrected chi connectivity index (χ1v) is 8.21. The molecule has 0 radical (unpaired) electrons. The molecule has 108 valence electrons. The van der Waals surface area contributed by atoms with Crippen molar-refractivity contribution in [1.29, 1.82) is 0 Å². The molecule has 2 aromatic carbocycles. The molecule has 5 heteroatoms. The molecule has 0 fully saturated rings. The third kappa shape index (κ3) is 2.87. The molecule has 21 heavy (non-hydrogen) atoms. The van der Waals surface area contributed by atoms with Gasteiger partial charge in [-0.1, -0.05) is 6.07 Å². The van der Waals surface area contributed by atoms with E-state index in [2.05, 4.69) is 45.4 Å². The van der Waals surface area contributed by atoms with E-state index in [1.807, 2.05) is 24.3 Å². The Morgan fingerprint density at radius 1 is 1.24 bits per heavy atom. The molecule has 0 spiro atoms. The zero-order chi connectivity index (χ0) is 14.8. The smallest absolute Gasteiger partial charge is 0.121 e. The monoisotopic (exact) mass is 412 g/mol. The van der Waals surface area contributed by atoms with Crippen molar-refractivity contribution >= 4 is 45.2 Å². The molecular formula is C16H14ClIN2O. The molecule has 3 rings (SSSR count). The van der Waals surface area contributed by atoms with Gasteiger partial charge in [-0.05, 0) is 52.9 Å². The van der Waals surface area contributed by atoms with E-state index in [1.165, 1.54) is 3.57 Å². The van der Waals surface area contributed by atoms with Gasteiger partial charge < -0.3 is 4.74 Å². The minimum atomic E-state index is 0.546. The van der Waals surface area contributed by atoms with Crippen molar-refractivity contribution in [1.82, 2.24) is 9.55 Å². The number of aromatic nitrogens is 2. The molecule has 0 saturated heterocycles. The predicted octanol–water partition coefficient (Wildman–Crippen LogP) is 4.42. The van der Waals surface area contributed by atoms with Gasteiger partial charge in [-0.3, -0.25) is 4.57 Å². The number of nitrogens with zero attached hydrogens (tertiary/aromatic N) is 2. The second-order valence-corrected chi connectivity index (χ2v) is 6.26. The molecule has 0 N–H and O–H groups in total. The highest BCUT2D eigenvalue weighted by Crippen LogP contribution is 2.26. The topological polar surface area (TPSA) is 27.1 Å². The number of fused-ring (bicyclic) bond motifs is 1. The highest BCUT2D eigenvalue weighted by atomic mass is 127. The van der Waals surface area contributed by atoms with Crippen molar-refractivity contribution in [2.45, 2.75) is 6.42 Å². The number of hydrogen-bond donors (Lipinski definition) is 0. The van der Waals surface area contributed by atoms with Gasteiger partial charge in [0.15, 0.2) is 0 Å². The standard InChI is InChI=1S/C16H14ClIN2O/c1-21-13-5-6-14-15(10-13)20(16(19-14)7-8-17)12-4-2-3-11(18)9-12/h2-6,9-10H,7-8H2,1H3. The van der Waals surface area contributed by atoms with Gasteiger partial charge >= 0.3 is 0 Å². The van der Waals surface area contributed by atoms with Crippen LogP contribution in [0.15, 0.2) is 42.5 Å². The van der Waals surface area contributed by atoms with Gasteiger partial charge in [0.2, 0.25) is 0 Å². The van der Waals surface area contributed by atoms with E-state index in [-0.39, 0.29) is 0 Å². The second kappa shape index (κ2) is 6.23. The maximum absolute atomic E-state index is 5.93. The summed E-state index contributed by atoms with van der Waals surface area (Å²) in [5.41, 5.74) is 3.09. The van der Waals surface area contributed by atoms with Gasteiger partial charge in [0, 0.05) is 27.6 Å². The molecule has 3 nitrogen and oxygen atoms in total. The largest absolute Gasteiger partial charge is 0.497 e. The molecule has 0 aliphatic carbocycles. The number of ether oxygens (including phenoxy) is 1. The van der Waals surface area contributed by atoms with Crippen molar-refractivity contribution < 1.29 is 4.74 Å². The number of benzene rings is 2. The average molecular weight is 413 g/mol. The first-order chi connectivity index (χ1) is 10.2. The van der Waals surface area contributed by atoms with Gasteiger partial charge in [-0.25, -0.2) is 4.98 Å². The Morgan fingerprint density at radius 3 is 2.81 bits per heavy atom. The number of imidazole rings is 1. The van der Waals surface area contributed by atoms with E-state index in [4.69, 9.17) is 21.3 Å². The minimum Gasteiger partial charge on any atom is -0.497 e. The molecule has 0 atom stereocenters. The van der Waals surface area contributed by atoms with Crippen molar-refractivity contribution in [3.05, 3.63) is 51.9 Å². The third-order valence-electron chi connectivity index (χ3n) is 3.32. The van der Waals surface area contributed by atoms with E-state index in [0.29, 0.717) is 5.88 Å². The number of alkyl halides is 1. The SMILES string of the molecule is COc1ccc2nc(CCCl)n(-c3cccc(I)c3)c2c1. The van der Waals surface area contributed by atoms with Crippen molar-refractivity contribution in [2.75, 3.05) is 13.0 Å². The van der Waals surface area contributed by atoms with Crippen LogP contribution in [0.1, 0.15) is 5.82 Å². The van der Waals surface area contributed by atoms with E-state index >= 15 is 0 Å². The number of halogens is 2. The fourth-order valence-electron chi connectivity index (χ4n) is 2.39. The van der Waals surface area contributed by atoms with Crippen LogP contribution < -0.4 is 4.74 Å². The quantitative estimate of drug-likeness (QED) is 0.468. The van der Waals surface area contributed by atoms with Crippen LogP contribution in [-0.2, 0) is 6.42 Å². The highest BCUT2D eigenvalue weighted by Gasteiger charge is 2.13. The van der Waals surface area contributed by atoms with Crippen LogP contribution in [0.5, 0.6) is 5.75 Å². The summed E-state index contributed by atoms with van der Waals surface area (Å²) in [6.07, 6.45) is 0.726. The molecule has 1 heterocycles. The summed E-state index contributed by atoms with van der Waals surface area (Å²) in [6.45, 7) is 0. The fourth-order valence-corrected chi connectivity index (χ4v) is 3.08. The van der Waals surface area contributed by atoms with E-state index in [0.717, 1.165) is 34.7 Å². The molecule has 0 amide bonds. The molecule has 1 aromatic heterocycles. The van der Waals surface area contributed by atoms with E-state index in [1.54, 1.807) is 7.11 Å². The van der Waals surface area contributed by atoms with Crippen LogP contribution in [0.4, 0.5) is 0 Å². The second-order valence-electron chi connectivity index (χ2n) is 4.64. The number of methoxy groups -OCH3 is 1. The van der Waals surface area contributed by atoms with Crippen LogP contribution in [0.3, 0.4) is 0 Å². The summed E-state index contributed by atoms with van der Waals surface area (Å²) in [6, 6.07) is 14.3. The first kappa shape index (κ1) is 14.7. The van der Waals surface area contributed by atoms with Crippen LogP contribution in [0, 0.1) is 3.57 Å². The molecule has 3 aromatic rings. The summed E-state index contributed by atoms with van der Waals surface area (Å²) in [5.74, 6) is 2.34. The maximum atomic E-state index is 5.93. The average Bonchev–Trinajstić information content (AvgIpc) is 2.84. The lowest BCUT2D eigenvalue weighted by atomic mass is 10.2. The molecular weight excluding hydrogens is 399 g/mol. The Morgan fingerprint density at radius 2 is 2.10 bits per heavy atom. The molecule has 0 bridgehead atoms. The van der Waals surface area contributed by atoms with Gasteiger partial charge in [-0.2, -0.15) is 0 Å². The van der Waals surface area contributed by atoms with Gasteiger partial charge in [0.1, 0.15) is 11.6 Å². The van der Waals surface area contributed by atoms with E-state index < -0.39 is 0 Å². The molecule has 0 unspecified atom stereocenters. The Hall–Kier alpha value is -1.27. The summed E-state index contributed by atoms with van der Waals surface area (Å²) in [7, 11) is 1.67. The zero-order valence-corrected chi connectivity index (χ0v) is 14.4. The van der Waals surface area contributed by atoms with Crippen molar-refractivity contribution in [3.63, 3.8) is 0 Å². The fraction of sp³-hybridized carbons (Fsp3) is 0.188. The Bertz CT molecular complexity index is 785. The summed E-state index contributed by atoms with van der Waals surface area (Å²) in [4.78, 5) is 4.70. The molecule has 0 aliphatic rings. The Balaban J connectivity index is 2.28. The maximum Gasteiger partial charge on any atom is 0.121 e. The van der Waals surface area contributed by atoms with Crippen molar-refractivity contribution in [3.8, 4) is 11.4 Å². The van der Waals surface area contributed by atoms with Crippen LogP contribution in [0.2, 0.25) is 0 Å². The van der Waals surface area contributed by atoms with Crippen LogP contribution in [0.25, 0.3) is 16.7 Å². The normalized spacial score (nSPS) is 11.0. The lowest BCUT2D eigenvalue weighted by Gasteiger charge is -2.09. The van der Waals surface area contributed by atoms with Crippen molar-refractivity contribution in [2.24, 2.45) is 0 Å². The molecule has 0 saturated carbocycles. The molecule has 0 aliphatic heterocycles. The number of rotatable bonds is 4. The lowest BCUT2D eigenvalue weighted by Crippen LogP contribution is -2.02. The predicted molar refractivity (Wildman–Crippen MR) is 94.8 cm³/mol. The highest BCUT2D eigenvalue weighted by molar-refractivity contribution is 14.1. The van der Waals surface area contributed by atoms with Crippen LogP contribution in [-0.4, -0.2) is 22.5 Å². The lowest BCUT2D eigenvalue weighted by molar-refractivity contribution is 0.415. The first-order valence-electron chi connectivity index (χ1n) is 6.60. The summed E-state index contributed by atoms with van der Waals surface area (Å²) in [5, 5.41) is 0. The third-order valence-corrected chi connectivity index (χ3v) is 4.18. The van der Waals surface area contributed by atoms with Crippen LogP contribution >= 0.6 is 34.2 Å². The van der Waals surface area contributed by atoms with Gasteiger partial charge in [-0.15, -0.1) is 11.6 Å². The Labute approximate surface area is 142 Å². The number of aryl methyl sites for hydroxylation is 1. The number of hydrogen-bond acceptors (Lipinski definition) is 2. The minimum absolute atomic E-state index is 0.546. The Kier molecular flexibility index (Phi) is 4.35. The van der Waals surface area contributed by atoms with E-state index in [9.17, 15) is 0 Å². The van der Waals surface area contributed by atoms with Gasteiger partial charge in [0.25, 0.3) is 0 Å². The summed E-state index contributed by atoms with van der Waals surface area (Å²) < 4.78 is 8.68. The van der Waals surface area contributed by atoms with Gasteiger partial charge in [0.05, 0.1) is 18.1 Å². The summed E-state index contributed by atoms with van der Waals surface area (Å²) >= 11 is 8.25.